The van der Waals surface area contributed by atoms with E-state index in [1.807, 2.05) is 18.2 Å². The summed E-state index contributed by atoms with van der Waals surface area (Å²) < 4.78 is 57.4. The van der Waals surface area contributed by atoms with E-state index in [0.29, 0.717) is 35.2 Å². The molecule has 0 amide bonds. The van der Waals surface area contributed by atoms with Crippen molar-refractivity contribution in [1.29, 1.82) is 0 Å². The highest BCUT2D eigenvalue weighted by Gasteiger charge is 2.34. The number of nitrogens with zero attached hydrogens (tertiary/aromatic N) is 1. The molecule has 40 heavy (non-hydrogen) atoms. The van der Waals surface area contributed by atoms with Crippen molar-refractivity contribution in [2.45, 2.75) is 25.8 Å². The average Bonchev–Trinajstić information content (AvgIpc) is 3.50. The molecule has 0 spiro atoms. The van der Waals surface area contributed by atoms with E-state index in [9.17, 15) is 18.0 Å². The second-order valence-electron chi connectivity index (χ2n) is 9.06. The number of carbonyl (C=O) groups is 1. The van der Waals surface area contributed by atoms with Crippen LogP contribution in [-0.2, 0) is 24.1 Å². The van der Waals surface area contributed by atoms with Crippen LogP contribution in [0.25, 0.3) is 16.7 Å². The van der Waals surface area contributed by atoms with E-state index >= 15 is 0 Å². The molecule has 0 radical (unpaired) electrons. The monoisotopic (exact) mass is 568 g/mol. The number of carbonyl (C=O) groups excluding carboxylic acids is 1. The zero-order valence-corrected chi connectivity index (χ0v) is 21.9. The molecule has 1 aliphatic heterocycles. The summed E-state index contributed by atoms with van der Waals surface area (Å²) in [5.41, 5.74) is 3.91. The molecule has 6 nitrogen and oxygen atoms in total. The predicted octanol–water partition coefficient (Wildman–Crippen LogP) is 7.33. The molecule has 1 N–H and O–H groups in total. The topological polar surface area (TPSA) is 73.6 Å². The Hall–Kier alpha value is -4.08. The summed E-state index contributed by atoms with van der Waals surface area (Å²) in [5, 5.41) is 3.30. The summed E-state index contributed by atoms with van der Waals surface area (Å²) in [6, 6.07) is 13.7. The Kier molecular flexibility index (Phi) is 8.23. The van der Waals surface area contributed by atoms with E-state index in [1.54, 1.807) is 18.4 Å². The van der Waals surface area contributed by atoms with Crippen LogP contribution >= 0.6 is 11.6 Å². The number of pyridine rings is 1. The number of rotatable bonds is 8. The summed E-state index contributed by atoms with van der Waals surface area (Å²) in [5.74, 6) is -0.883. The number of hydrogen-bond donors (Lipinski definition) is 1. The first-order valence-corrected chi connectivity index (χ1v) is 12.8. The van der Waals surface area contributed by atoms with Crippen molar-refractivity contribution in [3.05, 3.63) is 112 Å². The molecule has 10 heteroatoms. The molecule has 3 heterocycles. The van der Waals surface area contributed by atoms with Gasteiger partial charge < -0.3 is 19.2 Å². The van der Waals surface area contributed by atoms with E-state index < -0.39 is 17.7 Å². The second-order valence-corrected chi connectivity index (χ2v) is 9.42. The largest absolute Gasteiger partial charge is 0.488 e. The Morgan fingerprint density at radius 1 is 1.05 bits per heavy atom. The zero-order chi connectivity index (χ0) is 28.1. The van der Waals surface area contributed by atoms with Crippen molar-refractivity contribution in [3.63, 3.8) is 0 Å². The summed E-state index contributed by atoms with van der Waals surface area (Å²) in [6.07, 6.45) is 2.73. The van der Waals surface area contributed by atoms with E-state index in [4.69, 9.17) is 25.5 Å². The highest BCUT2D eigenvalue weighted by atomic mass is 35.5. The number of furan rings is 1. The van der Waals surface area contributed by atoms with Crippen molar-refractivity contribution in [1.82, 2.24) is 10.3 Å². The van der Waals surface area contributed by atoms with E-state index in [2.05, 4.69) is 10.3 Å². The lowest BCUT2D eigenvalue weighted by atomic mass is 9.89. The highest BCUT2D eigenvalue weighted by molar-refractivity contribution is 6.32. The highest BCUT2D eigenvalue weighted by Crippen LogP contribution is 2.38. The van der Waals surface area contributed by atoms with Gasteiger partial charge in [-0.1, -0.05) is 29.8 Å². The molecule has 5 rings (SSSR count). The van der Waals surface area contributed by atoms with Crippen LogP contribution in [0.4, 0.5) is 13.2 Å². The smallest absolute Gasteiger partial charge is 0.419 e. The third kappa shape index (κ3) is 6.21. The van der Waals surface area contributed by atoms with Gasteiger partial charge in [-0.05, 0) is 83.3 Å². The van der Waals surface area contributed by atoms with Gasteiger partial charge in [0.15, 0.2) is 0 Å². The number of hydrogen-bond acceptors (Lipinski definition) is 6. The fraction of sp³-hybridized carbons (Fsp3) is 0.200. The van der Waals surface area contributed by atoms with Crippen LogP contribution in [0.3, 0.4) is 0 Å². The van der Waals surface area contributed by atoms with Gasteiger partial charge in [-0.2, -0.15) is 13.2 Å². The molecule has 2 aromatic heterocycles. The number of ether oxygens (including phenoxy) is 2. The zero-order valence-electron chi connectivity index (χ0n) is 21.1. The van der Waals surface area contributed by atoms with Crippen LogP contribution in [0.2, 0.25) is 5.15 Å². The number of halogens is 4. The molecule has 4 aromatic rings. The molecule has 0 bridgehead atoms. The van der Waals surface area contributed by atoms with Gasteiger partial charge in [-0.3, -0.25) is 0 Å². The molecule has 0 saturated heterocycles. The summed E-state index contributed by atoms with van der Waals surface area (Å²) in [4.78, 5) is 16.7. The van der Waals surface area contributed by atoms with Crippen molar-refractivity contribution < 1.29 is 31.9 Å². The molecule has 2 aromatic carbocycles. The third-order valence-electron chi connectivity index (χ3n) is 6.48. The molecule has 0 unspecified atom stereocenters. The lowest BCUT2D eigenvalue weighted by molar-refractivity contribution is -0.139. The minimum absolute atomic E-state index is 0.0368. The van der Waals surface area contributed by atoms with E-state index in [1.165, 1.54) is 36.7 Å². The van der Waals surface area contributed by atoms with Gasteiger partial charge >= 0.3 is 12.1 Å². The molecule has 0 aliphatic carbocycles. The van der Waals surface area contributed by atoms with Crippen molar-refractivity contribution in [2.24, 2.45) is 0 Å². The van der Waals surface area contributed by atoms with Gasteiger partial charge in [0.2, 0.25) is 0 Å². The molecular formula is C30H24ClF3N2O4. The number of alkyl halides is 3. The van der Waals surface area contributed by atoms with Gasteiger partial charge in [0.05, 0.1) is 23.7 Å². The van der Waals surface area contributed by atoms with Crippen molar-refractivity contribution in [2.75, 3.05) is 13.1 Å². The molecule has 0 saturated carbocycles. The molecule has 206 valence electrons. The van der Waals surface area contributed by atoms with Crippen molar-refractivity contribution in [3.8, 4) is 16.9 Å². The normalized spacial score (nSPS) is 13.6. The van der Waals surface area contributed by atoms with E-state index in [-0.39, 0.29) is 29.7 Å². The standard InChI is InChI=1S/C30H24ClF3N2O4/c31-28-23(4-3-10-36-28)29(37)40-18-22-14-24(19-7-11-35-12-8-19)21(15-25(22)20-9-13-38-16-20)17-39-27-6-2-1-5-26(27)30(32,33)34/h1-7,9-10,13-16,35H,8,11-12,17-18H2. The van der Waals surface area contributed by atoms with Crippen LogP contribution < -0.4 is 10.1 Å². The maximum absolute atomic E-state index is 13.6. The molecule has 0 fully saturated rings. The minimum atomic E-state index is -4.55. The number of para-hydroxylation sites is 1. The third-order valence-corrected chi connectivity index (χ3v) is 6.79. The number of esters is 1. The van der Waals surface area contributed by atoms with Crippen LogP contribution in [-0.4, -0.2) is 24.0 Å². The van der Waals surface area contributed by atoms with E-state index in [0.717, 1.165) is 23.7 Å². The fourth-order valence-corrected chi connectivity index (χ4v) is 4.72. The summed E-state index contributed by atoms with van der Waals surface area (Å²) in [6.45, 7) is 1.21. The first kappa shape index (κ1) is 27.5. The Bertz CT molecular complexity index is 1530. The fourth-order valence-electron chi connectivity index (χ4n) is 4.52. The van der Waals surface area contributed by atoms with Gasteiger partial charge in [-0.25, -0.2) is 9.78 Å². The quantitative estimate of drug-likeness (QED) is 0.177. The minimum Gasteiger partial charge on any atom is -0.488 e. The SMILES string of the molecule is O=C(OCc1cc(C2=CCNCC2)c(COc2ccccc2C(F)(F)F)cc1-c1ccoc1)c1cccnc1Cl. The maximum Gasteiger partial charge on any atom is 0.419 e. The molecule has 1 aliphatic rings. The Morgan fingerprint density at radius 3 is 2.58 bits per heavy atom. The lowest BCUT2D eigenvalue weighted by Crippen LogP contribution is -2.20. The number of aromatic nitrogens is 1. The van der Waals surface area contributed by atoms with Gasteiger partial charge in [0.1, 0.15) is 24.1 Å². The second kappa shape index (κ2) is 12.0. The Labute approximate surface area is 233 Å². The predicted molar refractivity (Wildman–Crippen MR) is 144 cm³/mol. The van der Waals surface area contributed by atoms with Gasteiger partial charge in [0.25, 0.3) is 0 Å². The maximum atomic E-state index is 13.6. The summed E-state index contributed by atoms with van der Waals surface area (Å²) >= 11 is 6.06. The van der Waals surface area contributed by atoms with Crippen LogP contribution in [0, 0.1) is 0 Å². The van der Waals surface area contributed by atoms with Crippen LogP contribution in [0.1, 0.15) is 39.0 Å². The average molecular weight is 569 g/mol. The Balaban J connectivity index is 1.52. The number of nitrogens with one attached hydrogen (secondary N) is 1. The van der Waals surface area contributed by atoms with Gasteiger partial charge in [-0.15, -0.1) is 0 Å². The number of benzene rings is 2. The van der Waals surface area contributed by atoms with Crippen LogP contribution in [0.5, 0.6) is 5.75 Å². The van der Waals surface area contributed by atoms with Crippen molar-refractivity contribution >= 4 is 23.1 Å². The molecule has 0 atom stereocenters. The first-order valence-electron chi connectivity index (χ1n) is 12.5. The molecular weight excluding hydrogens is 545 g/mol. The van der Waals surface area contributed by atoms with Crippen LogP contribution in [0.15, 0.2) is 83.8 Å². The van der Waals surface area contributed by atoms with Gasteiger partial charge in [0, 0.05) is 18.3 Å². The first-order chi connectivity index (χ1) is 19.3. The summed E-state index contributed by atoms with van der Waals surface area (Å²) in [7, 11) is 0. The lowest BCUT2D eigenvalue weighted by Gasteiger charge is -2.22. The Morgan fingerprint density at radius 2 is 1.85 bits per heavy atom.